The van der Waals surface area contributed by atoms with E-state index in [-0.39, 0.29) is 10.8 Å². The highest BCUT2D eigenvalue weighted by atomic mass is 16.3. The van der Waals surface area contributed by atoms with Crippen LogP contribution in [-0.4, -0.2) is 39.0 Å². The van der Waals surface area contributed by atoms with Crippen LogP contribution < -0.4 is 0 Å². The van der Waals surface area contributed by atoms with Gasteiger partial charge >= 0.3 is 0 Å². The Morgan fingerprint density at radius 1 is 0.223 bits per heavy atom. The zero-order chi connectivity index (χ0) is 74.2. The van der Waals surface area contributed by atoms with Crippen LogP contribution >= 0.6 is 0 Å². The molecule has 10 nitrogen and oxygen atoms in total. The maximum atomic E-state index is 7.35. The molecule has 112 heavy (non-hydrogen) atoms. The van der Waals surface area contributed by atoms with Gasteiger partial charge in [-0.2, -0.15) is 0 Å². The van der Waals surface area contributed by atoms with Crippen molar-refractivity contribution in [3.63, 3.8) is 0 Å². The van der Waals surface area contributed by atoms with Gasteiger partial charge in [-0.1, -0.05) is 270 Å². The summed E-state index contributed by atoms with van der Waals surface area (Å²) in [6, 6.07) is 116. The van der Waals surface area contributed by atoms with Crippen molar-refractivity contribution in [2.24, 2.45) is 0 Å². The lowest BCUT2D eigenvalue weighted by Crippen LogP contribution is -2.14. The van der Waals surface area contributed by atoms with Gasteiger partial charge in [-0.3, -0.25) is 0 Å². The molecule has 0 N–H and O–H groups in total. The van der Waals surface area contributed by atoms with Gasteiger partial charge in [-0.05, 0) is 152 Å². The molecule has 0 fully saturated rings. The van der Waals surface area contributed by atoms with Crippen molar-refractivity contribution in [3.05, 3.63) is 350 Å². The van der Waals surface area contributed by atoms with Gasteiger partial charge in [0.2, 0.25) is 0 Å². The molecule has 0 unspecified atom stereocenters. The molecule has 0 atom stereocenters. The molecule has 0 radical (unpaired) electrons. The third kappa shape index (κ3) is 9.58. The Morgan fingerprint density at radius 2 is 0.598 bits per heavy atom. The van der Waals surface area contributed by atoms with E-state index in [0.29, 0.717) is 40.5 Å². The molecule has 0 spiro atoms. The van der Waals surface area contributed by atoms with Crippen LogP contribution in [0.25, 0.3) is 212 Å². The first-order valence-electron chi connectivity index (χ1n) is 38.2. The molecule has 2 aliphatic rings. The second-order valence-electron chi connectivity index (χ2n) is 30.9. The zero-order valence-corrected chi connectivity index (χ0v) is 61.6. The fourth-order valence-electron chi connectivity index (χ4n) is 18.3. The number of para-hydroxylation sites is 3. The van der Waals surface area contributed by atoms with Crippen LogP contribution in [0.5, 0.6) is 0 Å². The Morgan fingerprint density at radius 3 is 1.18 bits per heavy atom. The van der Waals surface area contributed by atoms with Gasteiger partial charge < -0.3 is 18.0 Å². The summed E-state index contributed by atoms with van der Waals surface area (Å²) in [5.41, 5.74) is 28.9. The number of hydrogen-bond donors (Lipinski definition) is 0. The number of hydrogen-bond acceptors (Lipinski definition) is 8. The van der Waals surface area contributed by atoms with E-state index in [0.717, 1.165) is 138 Å². The molecule has 10 heteroatoms. The fourth-order valence-corrected chi connectivity index (χ4v) is 18.3. The summed E-state index contributed by atoms with van der Waals surface area (Å²) in [6.45, 7) is 9.39. The van der Waals surface area contributed by atoms with Gasteiger partial charge in [0, 0.05) is 93.1 Å². The second-order valence-corrected chi connectivity index (χ2v) is 30.9. The number of furan rings is 2. The predicted molar refractivity (Wildman–Crippen MR) is 455 cm³/mol. The molecule has 21 aromatic rings. The second kappa shape index (κ2) is 24.0. The van der Waals surface area contributed by atoms with E-state index < -0.39 is 0 Å². The van der Waals surface area contributed by atoms with Crippen LogP contribution in [0.1, 0.15) is 49.9 Å². The normalized spacial score (nSPS) is 13.3. The highest BCUT2D eigenvalue weighted by Gasteiger charge is 2.39. The van der Waals surface area contributed by atoms with E-state index in [4.69, 9.17) is 38.7 Å². The van der Waals surface area contributed by atoms with Gasteiger partial charge in [-0.25, -0.2) is 29.9 Å². The number of nitrogens with zero attached hydrogens (tertiary/aromatic N) is 8. The largest absolute Gasteiger partial charge is 0.454 e. The van der Waals surface area contributed by atoms with Crippen LogP contribution in [-0.2, 0) is 10.8 Å². The minimum atomic E-state index is -0.167. The van der Waals surface area contributed by atoms with E-state index in [9.17, 15) is 0 Å². The average Bonchev–Trinajstić information content (AvgIpc) is 1.54. The van der Waals surface area contributed by atoms with Crippen molar-refractivity contribution in [1.82, 2.24) is 39.0 Å². The molecule has 526 valence electrons. The smallest absolute Gasteiger partial charge is 0.167 e. The summed E-state index contributed by atoms with van der Waals surface area (Å²) in [5.74, 6) is 3.30. The molecular formula is C102H66N8O2. The van der Waals surface area contributed by atoms with Crippen LogP contribution in [0.2, 0.25) is 0 Å². The lowest BCUT2D eigenvalue weighted by Gasteiger charge is -2.21. The van der Waals surface area contributed by atoms with E-state index in [1.165, 1.54) is 55.3 Å². The first kappa shape index (κ1) is 63.6. The van der Waals surface area contributed by atoms with Crippen LogP contribution in [0.3, 0.4) is 0 Å². The van der Waals surface area contributed by atoms with Crippen molar-refractivity contribution in [3.8, 4) is 124 Å². The molecule has 0 saturated heterocycles. The maximum Gasteiger partial charge on any atom is 0.167 e. The van der Waals surface area contributed by atoms with Crippen LogP contribution in [0.15, 0.2) is 336 Å². The van der Waals surface area contributed by atoms with Crippen molar-refractivity contribution in [2.45, 2.75) is 38.5 Å². The van der Waals surface area contributed by atoms with Crippen molar-refractivity contribution in [1.29, 1.82) is 0 Å². The predicted octanol–water partition coefficient (Wildman–Crippen LogP) is 26.0. The van der Waals surface area contributed by atoms with E-state index in [2.05, 4.69) is 310 Å². The van der Waals surface area contributed by atoms with Gasteiger partial charge in [0.1, 0.15) is 11.2 Å². The first-order chi connectivity index (χ1) is 55.0. The van der Waals surface area contributed by atoms with Crippen molar-refractivity contribution in [2.75, 3.05) is 0 Å². The topological polar surface area (TPSA) is 113 Å². The molecule has 2 aliphatic carbocycles. The summed E-state index contributed by atoms with van der Waals surface area (Å²) in [7, 11) is 0. The Balaban J connectivity index is 0.604. The highest BCUT2D eigenvalue weighted by Crippen LogP contribution is 2.55. The van der Waals surface area contributed by atoms with Gasteiger partial charge in [-0.15, -0.1) is 0 Å². The van der Waals surface area contributed by atoms with Crippen molar-refractivity contribution >= 4 is 87.5 Å². The minimum absolute atomic E-state index is 0.165. The third-order valence-corrected chi connectivity index (χ3v) is 23.8. The fraction of sp³-hybridized carbons (Fsp3) is 0.0588. The lowest BCUT2D eigenvalue weighted by atomic mass is 9.82. The number of benzene rings is 15. The van der Waals surface area contributed by atoms with Gasteiger partial charge in [0.05, 0.1) is 27.6 Å². The zero-order valence-electron chi connectivity index (χ0n) is 61.6. The highest BCUT2D eigenvalue weighted by molar-refractivity contribution is 6.24. The Hall–Kier alpha value is -14.5. The summed E-state index contributed by atoms with van der Waals surface area (Å²) in [6.07, 6.45) is 0. The minimum Gasteiger partial charge on any atom is -0.454 e. The number of rotatable bonds is 10. The Labute approximate surface area is 643 Å². The summed E-state index contributed by atoms with van der Waals surface area (Å²) < 4.78 is 19.1. The monoisotopic (exact) mass is 1430 g/mol. The molecule has 0 amide bonds. The number of aromatic nitrogens is 8. The summed E-state index contributed by atoms with van der Waals surface area (Å²) in [5, 5.41) is 8.83. The van der Waals surface area contributed by atoms with Crippen LogP contribution in [0, 0.1) is 0 Å². The van der Waals surface area contributed by atoms with E-state index in [1.54, 1.807) is 0 Å². The quantitative estimate of drug-likeness (QED) is 0.133. The number of fused-ring (bicyclic) bond motifs is 20. The third-order valence-electron chi connectivity index (χ3n) is 23.8. The molecule has 0 aliphatic heterocycles. The first-order valence-corrected chi connectivity index (χ1v) is 38.2. The summed E-state index contributed by atoms with van der Waals surface area (Å²) >= 11 is 0. The molecule has 23 rings (SSSR count). The molecular weight excluding hydrogens is 1370 g/mol. The lowest BCUT2D eigenvalue weighted by molar-refractivity contribution is 0.661. The van der Waals surface area contributed by atoms with Gasteiger partial charge in [0.15, 0.2) is 46.1 Å². The molecule has 6 aromatic heterocycles. The van der Waals surface area contributed by atoms with Crippen molar-refractivity contribution < 1.29 is 8.83 Å². The standard InChI is InChI=1S/C102H66N8O2/c1-101(2)83-41-17-14-36-70(83)79-57-87-81(55-85(79)101)74-49-51-77-75-39-23-40-78(92(75)112-94(77)91(74)109(87)68-33-12-7-13-34-68)100-107-96(61-26-10-6-11-27-61)103-97(108-100)62-46-44-59(45-47-62)63-28-20-31-66(52-63)98-104-95(60-24-8-5-9-25-60)105-99(106-98)67-32-21-29-64(53-67)65-30-22-35-69(54-65)110-88-58-80-71-37-15-18-42-84(71)102(3,4)86(80)56-82(88)73-48-50-76-72-38-16-19-43-89(72)111-93(76)90(73)110/h5-58H,1-4H3. The maximum absolute atomic E-state index is 7.35. The van der Waals surface area contributed by atoms with E-state index >= 15 is 0 Å². The van der Waals surface area contributed by atoms with E-state index in [1.807, 2.05) is 54.6 Å². The Bertz CT molecular complexity index is 7550. The van der Waals surface area contributed by atoms with Crippen LogP contribution in [0.4, 0.5) is 0 Å². The molecule has 15 aromatic carbocycles. The SMILES string of the molecule is CC1(C)c2ccccc2-c2cc3c(cc21)c1ccc2c4ccccc4oc2c1n3-c1cccc(-c2cccc(-c3nc(-c4ccccc4)nc(-c4cccc(-c5ccc(-c6nc(-c7ccccc7)nc(-c7cccc8c7oc7c8ccc8c9cc%10c(cc9n(-c9ccccc9)c87)-c7ccccc7C%10(C)C)n6)cc5)c4)n3)c2)c1. The average molecular weight is 1440 g/mol. The molecule has 6 heterocycles. The molecule has 0 saturated carbocycles. The Kier molecular flexibility index (Phi) is 13.6. The van der Waals surface area contributed by atoms with Gasteiger partial charge in [0.25, 0.3) is 0 Å². The molecule has 0 bridgehead atoms. The summed E-state index contributed by atoms with van der Waals surface area (Å²) in [4.78, 5) is 31.7.